The first-order valence-corrected chi connectivity index (χ1v) is 8.37. The van der Waals surface area contributed by atoms with Crippen LogP contribution in [0.25, 0.3) is 0 Å². The van der Waals surface area contributed by atoms with E-state index < -0.39 is 11.6 Å². The quantitative estimate of drug-likeness (QED) is 0.840. The van der Waals surface area contributed by atoms with E-state index in [0.29, 0.717) is 23.1 Å². The summed E-state index contributed by atoms with van der Waals surface area (Å²) in [6.07, 6.45) is 2.21. The van der Waals surface area contributed by atoms with Crippen LogP contribution in [-0.2, 0) is 17.1 Å². The maximum Gasteiger partial charge on any atom is 0.236 e. The Labute approximate surface area is 135 Å². The zero-order valence-electron chi connectivity index (χ0n) is 12.2. The standard InChI is InChI=1S/C15H15F2N3O2S/c16-11-3-9(4-12(17)5-11)6-18-13(21)7-23-8-14-19-15(20-22-14)10-1-2-10/h3-5,10H,1-2,6-8H2,(H,18,21). The van der Waals surface area contributed by atoms with Crippen molar-refractivity contribution >= 4 is 17.7 Å². The van der Waals surface area contributed by atoms with Crippen LogP contribution in [0.5, 0.6) is 0 Å². The van der Waals surface area contributed by atoms with Gasteiger partial charge in [-0.15, -0.1) is 11.8 Å². The van der Waals surface area contributed by atoms with E-state index in [9.17, 15) is 13.6 Å². The second kappa shape index (κ2) is 7.08. The van der Waals surface area contributed by atoms with Gasteiger partial charge in [-0.25, -0.2) is 8.78 Å². The third kappa shape index (κ3) is 4.75. The first-order valence-electron chi connectivity index (χ1n) is 7.22. The minimum atomic E-state index is -0.661. The van der Waals surface area contributed by atoms with Gasteiger partial charge in [0.05, 0.1) is 11.5 Å². The van der Waals surface area contributed by atoms with Crippen molar-refractivity contribution in [3.8, 4) is 0 Å². The van der Waals surface area contributed by atoms with Crippen molar-refractivity contribution in [1.82, 2.24) is 15.5 Å². The molecule has 0 bridgehead atoms. The predicted octanol–water partition coefficient (Wildman–Crippen LogP) is 2.77. The maximum absolute atomic E-state index is 13.0. The maximum atomic E-state index is 13.0. The molecular weight excluding hydrogens is 324 g/mol. The summed E-state index contributed by atoms with van der Waals surface area (Å²) in [5, 5.41) is 6.51. The Balaban J connectivity index is 1.38. The van der Waals surface area contributed by atoms with Gasteiger partial charge in [0.2, 0.25) is 11.8 Å². The number of rotatable bonds is 7. The van der Waals surface area contributed by atoms with Crippen LogP contribution in [-0.4, -0.2) is 21.8 Å². The minimum absolute atomic E-state index is 0.0838. The molecule has 3 rings (SSSR count). The van der Waals surface area contributed by atoms with Crippen LogP contribution in [0.4, 0.5) is 8.78 Å². The molecule has 0 atom stereocenters. The van der Waals surface area contributed by atoms with E-state index in [1.807, 2.05) is 0 Å². The number of halogens is 2. The van der Waals surface area contributed by atoms with Crippen LogP contribution in [0, 0.1) is 11.6 Å². The number of benzene rings is 1. The molecule has 2 aromatic rings. The van der Waals surface area contributed by atoms with Crippen LogP contribution in [0.3, 0.4) is 0 Å². The zero-order valence-corrected chi connectivity index (χ0v) is 13.0. The van der Waals surface area contributed by atoms with E-state index in [2.05, 4.69) is 15.5 Å². The Kier molecular flexibility index (Phi) is 4.90. The van der Waals surface area contributed by atoms with E-state index in [-0.39, 0.29) is 18.2 Å². The first kappa shape index (κ1) is 15.9. The van der Waals surface area contributed by atoms with Crippen molar-refractivity contribution in [2.24, 2.45) is 0 Å². The van der Waals surface area contributed by atoms with E-state index in [1.165, 1.54) is 23.9 Å². The molecule has 0 aliphatic heterocycles. The van der Waals surface area contributed by atoms with Crippen LogP contribution < -0.4 is 5.32 Å². The lowest BCUT2D eigenvalue weighted by Gasteiger charge is -2.05. The van der Waals surface area contributed by atoms with Gasteiger partial charge in [0.1, 0.15) is 11.6 Å². The summed E-state index contributed by atoms with van der Waals surface area (Å²) >= 11 is 1.34. The predicted molar refractivity (Wildman–Crippen MR) is 80.6 cm³/mol. The lowest BCUT2D eigenvalue weighted by atomic mass is 10.2. The topological polar surface area (TPSA) is 68.0 Å². The van der Waals surface area contributed by atoms with Crippen molar-refractivity contribution in [3.05, 3.63) is 47.1 Å². The molecule has 0 spiro atoms. The van der Waals surface area contributed by atoms with Gasteiger partial charge in [0.15, 0.2) is 5.82 Å². The molecule has 1 aromatic carbocycles. The number of hydrogen-bond donors (Lipinski definition) is 1. The molecule has 1 aliphatic rings. The van der Waals surface area contributed by atoms with E-state index in [4.69, 9.17) is 4.52 Å². The fourth-order valence-electron chi connectivity index (χ4n) is 2.03. The van der Waals surface area contributed by atoms with Crippen molar-refractivity contribution in [1.29, 1.82) is 0 Å². The summed E-state index contributed by atoms with van der Waals surface area (Å²) in [4.78, 5) is 16.0. The molecule has 23 heavy (non-hydrogen) atoms. The average Bonchev–Trinajstić information content (AvgIpc) is 3.24. The molecule has 0 saturated heterocycles. The van der Waals surface area contributed by atoms with Crippen LogP contribution in [0.2, 0.25) is 0 Å². The Morgan fingerprint density at radius 1 is 1.30 bits per heavy atom. The molecule has 8 heteroatoms. The SMILES string of the molecule is O=C(CSCc1nc(C2CC2)no1)NCc1cc(F)cc(F)c1. The van der Waals surface area contributed by atoms with E-state index in [1.54, 1.807) is 0 Å². The zero-order chi connectivity index (χ0) is 16.2. The summed E-state index contributed by atoms with van der Waals surface area (Å²) in [5.41, 5.74) is 0.381. The monoisotopic (exact) mass is 339 g/mol. The summed E-state index contributed by atoms with van der Waals surface area (Å²) in [6, 6.07) is 3.17. The molecule has 1 saturated carbocycles. The number of amides is 1. The molecule has 0 unspecified atom stereocenters. The highest BCUT2D eigenvalue weighted by Crippen LogP contribution is 2.38. The van der Waals surface area contributed by atoms with Crippen LogP contribution in [0.1, 0.15) is 36.0 Å². The number of carbonyl (C=O) groups excluding carboxylic acids is 1. The van der Waals surface area contributed by atoms with Gasteiger partial charge in [-0.2, -0.15) is 4.98 Å². The third-order valence-corrected chi connectivity index (χ3v) is 4.21. The first-order chi connectivity index (χ1) is 11.1. The molecule has 0 radical (unpaired) electrons. The molecule has 1 aromatic heterocycles. The second-order valence-corrected chi connectivity index (χ2v) is 6.35. The van der Waals surface area contributed by atoms with Gasteiger partial charge in [-0.1, -0.05) is 5.16 Å². The Bertz CT molecular complexity index is 684. The number of hydrogen-bond acceptors (Lipinski definition) is 5. The fraction of sp³-hybridized carbons (Fsp3) is 0.400. The number of aromatic nitrogens is 2. The molecule has 1 aliphatic carbocycles. The number of carbonyl (C=O) groups is 1. The highest BCUT2D eigenvalue weighted by molar-refractivity contribution is 7.99. The van der Waals surface area contributed by atoms with E-state index >= 15 is 0 Å². The minimum Gasteiger partial charge on any atom is -0.351 e. The number of thioether (sulfide) groups is 1. The molecule has 1 amide bonds. The van der Waals surface area contributed by atoms with Crippen molar-refractivity contribution in [2.45, 2.75) is 31.1 Å². The highest BCUT2D eigenvalue weighted by Gasteiger charge is 2.28. The summed E-state index contributed by atoms with van der Waals surface area (Å²) in [7, 11) is 0. The molecule has 1 fully saturated rings. The second-order valence-electron chi connectivity index (χ2n) is 5.37. The van der Waals surface area contributed by atoms with Gasteiger partial charge in [-0.05, 0) is 30.5 Å². The number of nitrogens with zero attached hydrogens (tertiary/aromatic N) is 2. The van der Waals surface area contributed by atoms with Gasteiger partial charge in [0, 0.05) is 18.5 Å². The fourth-order valence-corrected chi connectivity index (χ4v) is 2.71. The summed E-state index contributed by atoms with van der Waals surface area (Å²) < 4.78 is 31.2. The third-order valence-electron chi connectivity index (χ3n) is 3.30. The van der Waals surface area contributed by atoms with Gasteiger partial charge in [0.25, 0.3) is 0 Å². The van der Waals surface area contributed by atoms with Gasteiger partial charge < -0.3 is 9.84 Å². The van der Waals surface area contributed by atoms with Crippen molar-refractivity contribution < 1.29 is 18.1 Å². The Morgan fingerprint density at radius 3 is 2.74 bits per heavy atom. The number of nitrogens with one attached hydrogen (secondary N) is 1. The summed E-state index contributed by atoms with van der Waals surface area (Å²) in [5.74, 6) is 0.822. The summed E-state index contributed by atoms with van der Waals surface area (Å²) in [6.45, 7) is 0.0838. The van der Waals surface area contributed by atoms with Crippen molar-refractivity contribution in [3.63, 3.8) is 0 Å². The molecular formula is C15H15F2N3O2S. The average molecular weight is 339 g/mol. The Morgan fingerprint density at radius 2 is 2.04 bits per heavy atom. The van der Waals surface area contributed by atoms with E-state index in [0.717, 1.165) is 24.7 Å². The van der Waals surface area contributed by atoms with Gasteiger partial charge >= 0.3 is 0 Å². The normalized spacial score (nSPS) is 14.0. The molecule has 1 heterocycles. The van der Waals surface area contributed by atoms with Crippen molar-refractivity contribution in [2.75, 3.05) is 5.75 Å². The molecule has 5 nitrogen and oxygen atoms in total. The lowest BCUT2D eigenvalue weighted by Crippen LogP contribution is -2.24. The van der Waals surface area contributed by atoms with Crippen LogP contribution >= 0.6 is 11.8 Å². The lowest BCUT2D eigenvalue weighted by molar-refractivity contribution is -0.118. The highest BCUT2D eigenvalue weighted by atomic mass is 32.2. The molecule has 122 valence electrons. The van der Waals surface area contributed by atoms with Gasteiger partial charge in [-0.3, -0.25) is 4.79 Å². The largest absolute Gasteiger partial charge is 0.351 e. The smallest absolute Gasteiger partial charge is 0.236 e. The van der Waals surface area contributed by atoms with Crippen LogP contribution in [0.15, 0.2) is 22.7 Å². The molecule has 1 N–H and O–H groups in total. The Hall–Kier alpha value is -1.96.